The van der Waals surface area contributed by atoms with Crippen molar-refractivity contribution in [3.63, 3.8) is 0 Å². The SMILES string of the molecule is [N-]=[N+]=NCCC#Cc1ccc(Cl)c(Cl)c1. The van der Waals surface area contributed by atoms with Crippen LogP contribution in [0, 0.1) is 11.8 Å². The normalized spacial score (nSPS) is 8.67. The predicted molar refractivity (Wildman–Crippen MR) is 62.0 cm³/mol. The van der Waals surface area contributed by atoms with E-state index < -0.39 is 0 Å². The second kappa shape index (κ2) is 6.21. The van der Waals surface area contributed by atoms with E-state index in [1.165, 1.54) is 0 Å². The number of nitrogens with zero attached hydrogens (tertiary/aromatic N) is 3. The van der Waals surface area contributed by atoms with Crippen LogP contribution in [0.1, 0.15) is 12.0 Å². The molecule has 0 bridgehead atoms. The number of hydrogen-bond donors (Lipinski definition) is 0. The molecule has 0 N–H and O–H groups in total. The third kappa shape index (κ3) is 4.14. The summed E-state index contributed by atoms with van der Waals surface area (Å²) in [5.41, 5.74) is 8.82. The van der Waals surface area contributed by atoms with Gasteiger partial charge in [0.15, 0.2) is 0 Å². The molecule has 0 unspecified atom stereocenters. The summed E-state index contributed by atoms with van der Waals surface area (Å²) in [5, 5.41) is 4.36. The van der Waals surface area contributed by atoms with E-state index >= 15 is 0 Å². The molecule has 0 aliphatic rings. The second-order valence-corrected chi connectivity index (χ2v) is 3.45. The molecule has 0 atom stereocenters. The Labute approximate surface area is 97.6 Å². The molecule has 76 valence electrons. The Hall–Kier alpha value is -1.33. The molecule has 0 fully saturated rings. The largest absolute Gasteiger partial charge is 0.0978 e. The average molecular weight is 240 g/mol. The van der Waals surface area contributed by atoms with Crippen LogP contribution >= 0.6 is 23.2 Å². The van der Waals surface area contributed by atoms with Crippen molar-refractivity contribution in [2.45, 2.75) is 6.42 Å². The van der Waals surface area contributed by atoms with Crippen LogP contribution in [0.4, 0.5) is 0 Å². The summed E-state index contributed by atoms with van der Waals surface area (Å²) >= 11 is 11.6. The Morgan fingerprint density at radius 2 is 2.13 bits per heavy atom. The first-order valence-electron chi connectivity index (χ1n) is 4.19. The zero-order chi connectivity index (χ0) is 11.1. The quantitative estimate of drug-likeness (QED) is 0.246. The minimum absolute atomic E-state index is 0.380. The van der Waals surface area contributed by atoms with Gasteiger partial charge in [0, 0.05) is 23.4 Å². The molecule has 1 aromatic rings. The highest BCUT2D eigenvalue weighted by Crippen LogP contribution is 2.21. The molecule has 0 aromatic heterocycles. The van der Waals surface area contributed by atoms with Crippen LogP contribution < -0.4 is 0 Å². The molecular weight excluding hydrogens is 233 g/mol. The smallest absolute Gasteiger partial charge is 0.0604 e. The molecule has 1 aromatic carbocycles. The molecule has 0 aliphatic carbocycles. The first-order chi connectivity index (χ1) is 7.24. The van der Waals surface area contributed by atoms with Crippen molar-refractivity contribution in [2.75, 3.05) is 6.54 Å². The fourth-order valence-electron chi connectivity index (χ4n) is 0.889. The maximum atomic E-state index is 8.03. The summed E-state index contributed by atoms with van der Waals surface area (Å²) in [5.74, 6) is 5.76. The van der Waals surface area contributed by atoms with Crippen LogP contribution in [0.15, 0.2) is 23.3 Å². The van der Waals surface area contributed by atoms with Crippen LogP contribution in [0.5, 0.6) is 0 Å². The number of halogens is 2. The van der Waals surface area contributed by atoms with Gasteiger partial charge in [0.05, 0.1) is 10.0 Å². The Kier molecular flexibility index (Phi) is 4.86. The Morgan fingerprint density at radius 1 is 1.33 bits per heavy atom. The molecule has 0 saturated heterocycles. The van der Waals surface area contributed by atoms with Crippen molar-refractivity contribution in [1.29, 1.82) is 0 Å². The first-order valence-corrected chi connectivity index (χ1v) is 4.94. The lowest BCUT2D eigenvalue weighted by Crippen LogP contribution is -1.77. The van der Waals surface area contributed by atoms with Crippen molar-refractivity contribution in [3.05, 3.63) is 44.3 Å². The molecule has 0 spiro atoms. The van der Waals surface area contributed by atoms with E-state index in [4.69, 9.17) is 28.7 Å². The summed E-state index contributed by atoms with van der Waals surface area (Å²) < 4.78 is 0. The van der Waals surface area contributed by atoms with E-state index in [0.29, 0.717) is 23.0 Å². The lowest BCUT2D eigenvalue weighted by Gasteiger charge is -1.94. The van der Waals surface area contributed by atoms with Gasteiger partial charge in [-0.05, 0) is 23.7 Å². The molecular formula is C10H7Cl2N3. The Bertz CT molecular complexity index is 453. The van der Waals surface area contributed by atoms with Crippen molar-refractivity contribution < 1.29 is 0 Å². The van der Waals surface area contributed by atoms with Gasteiger partial charge in [-0.25, -0.2) is 0 Å². The fraction of sp³-hybridized carbons (Fsp3) is 0.200. The van der Waals surface area contributed by atoms with Crippen LogP contribution in [0.3, 0.4) is 0 Å². The Morgan fingerprint density at radius 3 is 2.80 bits per heavy atom. The molecule has 1 rings (SSSR count). The minimum Gasteiger partial charge on any atom is -0.0978 e. The van der Waals surface area contributed by atoms with Gasteiger partial charge in [-0.2, -0.15) is 0 Å². The van der Waals surface area contributed by atoms with E-state index in [1.807, 2.05) is 0 Å². The van der Waals surface area contributed by atoms with E-state index in [1.54, 1.807) is 18.2 Å². The van der Waals surface area contributed by atoms with Gasteiger partial charge in [-0.15, -0.1) is 0 Å². The average Bonchev–Trinajstić information content (AvgIpc) is 2.23. The van der Waals surface area contributed by atoms with Crippen molar-refractivity contribution >= 4 is 23.2 Å². The molecule has 15 heavy (non-hydrogen) atoms. The molecule has 0 radical (unpaired) electrons. The van der Waals surface area contributed by atoms with Crippen molar-refractivity contribution in [3.8, 4) is 11.8 Å². The standard InChI is InChI=1S/C10H7Cl2N3/c11-9-5-4-8(7-10(9)12)3-1-2-6-14-15-13/h4-5,7H,2,6H2. The van der Waals surface area contributed by atoms with Crippen molar-refractivity contribution in [1.82, 2.24) is 0 Å². The van der Waals surface area contributed by atoms with E-state index in [0.717, 1.165) is 5.56 Å². The van der Waals surface area contributed by atoms with Gasteiger partial charge in [-0.3, -0.25) is 0 Å². The highest BCUT2D eigenvalue weighted by molar-refractivity contribution is 6.42. The molecule has 0 heterocycles. The highest BCUT2D eigenvalue weighted by atomic mass is 35.5. The van der Waals surface area contributed by atoms with Gasteiger partial charge >= 0.3 is 0 Å². The second-order valence-electron chi connectivity index (χ2n) is 2.64. The van der Waals surface area contributed by atoms with Crippen LogP contribution in [-0.2, 0) is 0 Å². The number of rotatable bonds is 2. The zero-order valence-electron chi connectivity index (χ0n) is 7.74. The van der Waals surface area contributed by atoms with Gasteiger partial charge in [0.1, 0.15) is 0 Å². The van der Waals surface area contributed by atoms with Crippen molar-refractivity contribution in [2.24, 2.45) is 5.11 Å². The molecule has 3 nitrogen and oxygen atoms in total. The molecule has 5 heteroatoms. The lowest BCUT2D eigenvalue weighted by molar-refractivity contribution is 1.01. The van der Waals surface area contributed by atoms with Crippen LogP contribution in [-0.4, -0.2) is 6.54 Å². The molecule has 0 saturated carbocycles. The summed E-state index contributed by atoms with van der Waals surface area (Å²) in [7, 11) is 0. The number of azide groups is 1. The number of benzene rings is 1. The maximum Gasteiger partial charge on any atom is 0.0604 e. The van der Waals surface area contributed by atoms with Crippen LogP contribution in [0.2, 0.25) is 10.0 Å². The van der Waals surface area contributed by atoms with E-state index in [9.17, 15) is 0 Å². The summed E-state index contributed by atoms with van der Waals surface area (Å²) in [6, 6.07) is 5.18. The summed E-state index contributed by atoms with van der Waals surface area (Å²) in [4.78, 5) is 2.62. The van der Waals surface area contributed by atoms with Gasteiger partial charge in [0.25, 0.3) is 0 Å². The topological polar surface area (TPSA) is 48.8 Å². The van der Waals surface area contributed by atoms with Gasteiger partial charge in [0.2, 0.25) is 0 Å². The van der Waals surface area contributed by atoms with E-state index in [2.05, 4.69) is 21.9 Å². The summed E-state index contributed by atoms with van der Waals surface area (Å²) in [6.45, 7) is 0.380. The van der Waals surface area contributed by atoms with Gasteiger partial charge in [-0.1, -0.05) is 40.2 Å². The molecule has 0 aliphatic heterocycles. The van der Waals surface area contributed by atoms with E-state index in [-0.39, 0.29) is 0 Å². The minimum atomic E-state index is 0.380. The summed E-state index contributed by atoms with van der Waals surface area (Å²) in [6.07, 6.45) is 0.532. The fourth-order valence-corrected chi connectivity index (χ4v) is 1.19. The Balaban J connectivity index is 2.64. The zero-order valence-corrected chi connectivity index (χ0v) is 9.26. The lowest BCUT2D eigenvalue weighted by atomic mass is 10.2. The first kappa shape index (κ1) is 11.7. The van der Waals surface area contributed by atoms with Crippen LogP contribution in [0.25, 0.3) is 10.4 Å². The highest BCUT2D eigenvalue weighted by Gasteiger charge is 1.96. The monoisotopic (exact) mass is 239 g/mol. The van der Waals surface area contributed by atoms with Gasteiger partial charge < -0.3 is 0 Å². The number of hydrogen-bond acceptors (Lipinski definition) is 1. The predicted octanol–water partition coefficient (Wildman–Crippen LogP) is 4.05. The third-order valence-corrected chi connectivity index (χ3v) is 2.29. The third-order valence-electron chi connectivity index (χ3n) is 1.55. The maximum absolute atomic E-state index is 8.03. The molecule has 0 amide bonds.